The molecule has 1 fully saturated rings. The molecule has 1 aliphatic carbocycles. The van der Waals surface area contributed by atoms with Crippen LogP contribution >= 0.6 is 0 Å². The molecule has 1 saturated heterocycles. The number of ether oxygens (including phenoxy) is 4. The molecule has 0 spiro atoms. The van der Waals surface area contributed by atoms with E-state index in [4.69, 9.17) is 18.9 Å². The van der Waals surface area contributed by atoms with Crippen LogP contribution in [0.2, 0.25) is 0 Å². The molecule has 0 unspecified atom stereocenters. The molecule has 4 rings (SSSR count). The summed E-state index contributed by atoms with van der Waals surface area (Å²) in [5.41, 5.74) is 4.33. The number of aliphatic hydroxyl groups is 2. The number of fused-ring (bicyclic) bond motifs is 3. The van der Waals surface area contributed by atoms with E-state index in [0.29, 0.717) is 0 Å². The summed E-state index contributed by atoms with van der Waals surface area (Å²) in [6.07, 6.45) is -5.42. The first-order chi connectivity index (χ1) is 15.9. The number of hydrogen-bond donors (Lipinski definition) is 3. The van der Waals surface area contributed by atoms with Gasteiger partial charge in [-0.3, -0.25) is 4.79 Å². The highest BCUT2D eigenvalue weighted by Crippen LogP contribution is 2.44. The van der Waals surface area contributed by atoms with E-state index >= 15 is 0 Å². The summed E-state index contributed by atoms with van der Waals surface area (Å²) in [7, 11) is 1.33. The van der Waals surface area contributed by atoms with Crippen molar-refractivity contribution in [2.24, 2.45) is 0 Å². The van der Waals surface area contributed by atoms with E-state index in [2.05, 4.69) is 5.32 Å². The van der Waals surface area contributed by atoms with Gasteiger partial charge in [0.1, 0.15) is 24.9 Å². The van der Waals surface area contributed by atoms with Crippen LogP contribution in [-0.2, 0) is 23.7 Å². The van der Waals surface area contributed by atoms with E-state index in [-0.39, 0.29) is 12.5 Å². The topological polar surface area (TPSA) is 124 Å². The zero-order valence-electron chi connectivity index (χ0n) is 18.3. The molecule has 1 heterocycles. The molecule has 2 aromatic rings. The molecule has 176 valence electrons. The fourth-order valence-electron chi connectivity index (χ4n) is 4.53. The number of amides is 1. The number of rotatable bonds is 6. The minimum atomic E-state index is -1.36. The lowest BCUT2D eigenvalue weighted by Gasteiger charge is -2.42. The third-order valence-corrected chi connectivity index (χ3v) is 6.02. The molecule has 0 saturated carbocycles. The van der Waals surface area contributed by atoms with Crippen LogP contribution in [0.4, 0.5) is 4.79 Å². The summed E-state index contributed by atoms with van der Waals surface area (Å²) in [5, 5.41) is 22.7. The van der Waals surface area contributed by atoms with Crippen LogP contribution in [0.5, 0.6) is 0 Å². The maximum atomic E-state index is 12.7. The van der Waals surface area contributed by atoms with Crippen LogP contribution in [0.15, 0.2) is 48.5 Å². The molecule has 0 aromatic heterocycles. The molecular formula is C24H27NO8. The molecule has 0 radical (unpaired) electrons. The lowest BCUT2D eigenvalue weighted by atomic mass is 9.96. The van der Waals surface area contributed by atoms with Crippen molar-refractivity contribution in [1.29, 1.82) is 0 Å². The quantitative estimate of drug-likeness (QED) is 0.559. The average Bonchev–Trinajstić information content (AvgIpc) is 3.14. The monoisotopic (exact) mass is 457 g/mol. The van der Waals surface area contributed by atoms with Crippen molar-refractivity contribution in [2.45, 2.75) is 43.5 Å². The number of benzene rings is 2. The smallest absolute Gasteiger partial charge is 0.407 e. The summed E-state index contributed by atoms with van der Waals surface area (Å²) < 4.78 is 21.4. The number of aliphatic hydroxyl groups excluding tert-OH is 2. The number of methoxy groups -OCH3 is 1. The van der Waals surface area contributed by atoms with Crippen molar-refractivity contribution < 1.29 is 38.7 Å². The maximum Gasteiger partial charge on any atom is 0.407 e. The van der Waals surface area contributed by atoms with Crippen molar-refractivity contribution in [1.82, 2.24) is 5.32 Å². The number of alkyl carbamates (subject to hydrolysis) is 1. The number of nitrogens with one attached hydrogen (secondary N) is 1. The van der Waals surface area contributed by atoms with Gasteiger partial charge in [-0.05, 0) is 22.3 Å². The summed E-state index contributed by atoms with van der Waals surface area (Å²) in [5.74, 6) is -0.774. The number of hydrogen-bond acceptors (Lipinski definition) is 8. The third-order valence-electron chi connectivity index (χ3n) is 6.02. The zero-order valence-corrected chi connectivity index (χ0v) is 18.3. The summed E-state index contributed by atoms with van der Waals surface area (Å²) in [6.45, 7) is 0.757. The average molecular weight is 457 g/mol. The van der Waals surface area contributed by atoms with Gasteiger partial charge >= 0.3 is 12.1 Å². The van der Waals surface area contributed by atoms with E-state index in [1.807, 2.05) is 48.5 Å². The van der Waals surface area contributed by atoms with Gasteiger partial charge in [0, 0.05) is 20.0 Å². The number of carbonyl (C=O) groups excluding carboxylic acids is 2. The largest absolute Gasteiger partial charge is 0.455 e. The first-order valence-electron chi connectivity index (χ1n) is 10.7. The molecule has 5 atom stereocenters. The first kappa shape index (κ1) is 23.2. The van der Waals surface area contributed by atoms with Crippen molar-refractivity contribution >= 4 is 12.1 Å². The second-order valence-corrected chi connectivity index (χ2v) is 8.02. The van der Waals surface area contributed by atoms with Crippen LogP contribution in [0.3, 0.4) is 0 Å². The van der Waals surface area contributed by atoms with Gasteiger partial charge in [0.15, 0.2) is 12.4 Å². The van der Waals surface area contributed by atoms with Gasteiger partial charge in [-0.15, -0.1) is 0 Å². The van der Waals surface area contributed by atoms with Gasteiger partial charge in [-0.1, -0.05) is 48.5 Å². The first-order valence-corrected chi connectivity index (χ1v) is 10.7. The van der Waals surface area contributed by atoms with Gasteiger partial charge in [-0.25, -0.2) is 4.79 Å². The molecule has 9 nitrogen and oxygen atoms in total. The normalized spacial score (nSPS) is 26.2. The molecule has 9 heteroatoms. The Morgan fingerprint density at radius 1 is 1.06 bits per heavy atom. The molecule has 33 heavy (non-hydrogen) atoms. The van der Waals surface area contributed by atoms with Crippen LogP contribution < -0.4 is 5.32 Å². The van der Waals surface area contributed by atoms with Gasteiger partial charge in [0.2, 0.25) is 0 Å². The minimum Gasteiger partial charge on any atom is -0.455 e. The van der Waals surface area contributed by atoms with Gasteiger partial charge in [0.25, 0.3) is 0 Å². The highest BCUT2D eigenvalue weighted by atomic mass is 16.7. The highest BCUT2D eigenvalue weighted by molar-refractivity contribution is 5.79. The molecule has 3 N–H and O–H groups in total. The zero-order chi connectivity index (χ0) is 23.5. The van der Waals surface area contributed by atoms with Crippen molar-refractivity contribution in [3.63, 3.8) is 0 Å². The molecule has 2 aliphatic rings. The van der Waals surface area contributed by atoms with Gasteiger partial charge < -0.3 is 34.5 Å². The van der Waals surface area contributed by atoms with Crippen LogP contribution in [-0.4, -0.2) is 73.2 Å². The third kappa shape index (κ3) is 4.58. The lowest BCUT2D eigenvalue weighted by Crippen LogP contribution is -2.65. The Kier molecular flexibility index (Phi) is 6.94. The predicted molar refractivity (Wildman–Crippen MR) is 116 cm³/mol. The Morgan fingerprint density at radius 3 is 2.21 bits per heavy atom. The van der Waals surface area contributed by atoms with Crippen molar-refractivity contribution in [2.75, 3.05) is 20.3 Å². The van der Waals surface area contributed by atoms with E-state index in [9.17, 15) is 19.8 Å². The van der Waals surface area contributed by atoms with Crippen LogP contribution in [0.1, 0.15) is 24.0 Å². The molecule has 2 aromatic carbocycles. The maximum absolute atomic E-state index is 12.7. The number of carbonyl (C=O) groups is 2. The minimum absolute atomic E-state index is 0.0779. The Bertz CT molecular complexity index is 966. The SMILES string of the molecule is CO[C@@H]1O[C@H](CO)[C@@H](O)[C@H](NC(=O)OCC2c3ccccc3-c3ccccc32)[C@H]1OC(C)=O. The Morgan fingerprint density at radius 2 is 1.67 bits per heavy atom. The second kappa shape index (κ2) is 9.88. The Labute approximate surface area is 191 Å². The molecule has 1 amide bonds. The molecular weight excluding hydrogens is 430 g/mol. The molecule has 1 aliphatic heterocycles. The van der Waals surface area contributed by atoms with Crippen LogP contribution in [0, 0.1) is 0 Å². The predicted octanol–water partition coefficient (Wildman–Crippen LogP) is 1.55. The van der Waals surface area contributed by atoms with E-state index in [1.165, 1.54) is 14.0 Å². The number of esters is 1. The highest BCUT2D eigenvalue weighted by Gasteiger charge is 2.48. The van der Waals surface area contributed by atoms with Crippen LogP contribution in [0.25, 0.3) is 11.1 Å². The summed E-state index contributed by atoms with van der Waals surface area (Å²) >= 11 is 0. The van der Waals surface area contributed by atoms with E-state index in [0.717, 1.165) is 22.3 Å². The van der Waals surface area contributed by atoms with Crippen molar-refractivity contribution in [3.05, 3.63) is 59.7 Å². The van der Waals surface area contributed by atoms with Gasteiger partial charge in [0.05, 0.1) is 6.61 Å². The fourth-order valence-corrected chi connectivity index (χ4v) is 4.53. The summed E-state index contributed by atoms with van der Waals surface area (Å²) in [4.78, 5) is 24.3. The Hall–Kier alpha value is -2.98. The van der Waals surface area contributed by atoms with Gasteiger partial charge in [-0.2, -0.15) is 0 Å². The van der Waals surface area contributed by atoms with E-state index in [1.54, 1.807) is 0 Å². The lowest BCUT2D eigenvalue weighted by molar-refractivity contribution is -0.275. The standard InChI is InChI=1S/C24H27NO8/c1-13(27)32-22-20(21(28)19(11-26)33-23(22)30-2)25-24(29)31-12-18-16-9-5-3-7-14(16)15-8-4-6-10-17(15)18/h3-10,18-23,26,28H,11-12H2,1-2H3,(H,25,29)/t19-,20+,21-,22-,23-/m1/s1. The summed E-state index contributed by atoms with van der Waals surface area (Å²) in [6, 6.07) is 14.8. The fraction of sp³-hybridized carbons (Fsp3) is 0.417. The molecule has 0 bridgehead atoms. The Balaban J connectivity index is 1.49. The second-order valence-electron chi connectivity index (χ2n) is 8.02. The van der Waals surface area contributed by atoms with Crippen molar-refractivity contribution in [3.8, 4) is 11.1 Å². The van der Waals surface area contributed by atoms with E-state index < -0.39 is 49.3 Å².